The molecule has 0 atom stereocenters. The van der Waals surface area contributed by atoms with E-state index in [1.807, 2.05) is 19.9 Å². The summed E-state index contributed by atoms with van der Waals surface area (Å²) >= 11 is 6.53. The van der Waals surface area contributed by atoms with Crippen molar-refractivity contribution in [2.45, 2.75) is 33.2 Å². The van der Waals surface area contributed by atoms with Crippen molar-refractivity contribution in [2.24, 2.45) is 0 Å². The van der Waals surface area contributed by atoms with Gasteiger partial charge in [0.05, 0.1) is 11.3 Å². The molecule has 6 nitrogen and oxygen atoms in total. The molecule has 0 unspecified atom stereocenters. The fourth-order valence-corrected chi connectivity index (χ4v) is 3.65. The third-order valence-corrected chi connectivity index (χ3v) is 5.78. The molecule has 0 amide bonds. The lowest BCUT2D eigenvalue weighted by atomic mass is 9.98. The van der Waals surface area contributed by atoms with Crippen molar-refractivity contribution in [1.29, 1.82) is 0 Å². The van der Waals surface area contributed by atoms with Crippen LogP contribution in [-0.4, -0.2) is 29.9 Å². The molecule has 0 bridgehead atoms. The lowest BCUT2D eigenvalue weighted by Crippen LogP contribution is -2.41. The summed E-state index contributed by atoms with van der Waals surface area (Å²) in [5.41, 5.74) is 0.791. The van der Waals surface area contributed by atoms with Gasteiger partial charge in [0.25, 0.3) is 0 Å². The van der Waals surface area contributed by atoms with Crippen LogP contribution in [0.3, 0.4) is 0 Å². The molecule has 2 heterocycles. The minimum Gasteiger partial charge on any atom is -0.294 e. The first kappa shape index (κ1) is 22.9. The van der Waals surface area contributed by atoms with E-state index in [-0.39, 0.29) is 11.5 Å². The van der Waals surface area contributed by atoms with Gasteiger partial charge in [-0.2, -0.15) is 0 Å². The van der Waals surface area contributed by atoms with Crippen LogP contribution in [0.1, 0.15) is 43.6 Å². The number of sulfonamides is 1. The fourth-order valence-electron chi connectivity index (χ4n) is 1.88. The lowest BCUT2D eigenvalue weighted by molar-refractivity contribution is 0.101. The summed E-state index contributed by atoms with van der Waals surface area (Å²) in [6.07, 6.45) is 6.51. The molecule has 0 saturated carbocycles. The second-order valence-corrected chi connectivity index (χ2v) is 9.81. The van der Waals surface area contributed by atoms with Gasteiger partial charge in [0.1, 0.15) is 0 Å². The summed E-state index contributed by atoms with van der Waals surface area (Å²) in [5, 5.41) is 0. The molecule has 26 heavy (non-hydrogen) atoms. The molecule has 0 aliphatic carbocycles. The van der Waals surface area contributed by atoms with E-state index in [9.17, 15) is 13.2 Å². The molecule has 2 rings (SSSR count). The molecule has 1 N–H and O–H groups in total. The Morgan fingerprint density at radius 3 is 2.04 bits per heavy atom. The van der Waals surface area contributed by atoms with E-state index < -0.39 is 15.6 Å². The van der Waals surface area contributed by atoms with Gasteiger partial charge in [-0.1, -0.05) is 0 Å². The molecular formula is C17H21Br2N3O3S. The molecule has 2 aromatic rings. The van der Waals surface area contributed by atoms with Crippen LogP contribution in [0.2, 0.25) is 0 Å². The zero-order valence-electron chi connectivity index (χ0n) is 15.0. The van der Waals surface area contributed by atoms with E-state index in [0.717, 1.165) is 14.5 Å². The average molecular weight is 507 g/mol. The normalized spacial score (nSPS) is 11.5. The van der Waals surface area contributed by atoms with Crippen LogP contribution < -0.4 is 4.72 Å². The van der Waals surface area contributed by atoms with Crippen LogP contribution in [0, 0.1) is 0 Å². The zero-order valence-corrected chi connectivity index (χ0v) is 18.9. The van der Waals surface area contributed by atoms with Crippen molar-refractivity contribution in [3.05, 3.63) is 57.0 Å². The largest absolute Gasteiger partial charge is 0.294 e. The number of nitrogens with zero attached hydrogens (tertiary/aromatic N) is 2. The third kappa shape index (κ3) is 7.61. The van der Waals surface area contributed by atoms with Gasteiger partial charge >= 0.3 is 0 Å². The van der Waals surface area contributed by atoms with Crippen molar-refractivity contribution in [1.82, 2.24) is 14.7 Å². The third-order valence-electron chi connectivity index (χ3n) is 3.33. The summed E-state index contributed by atoms with van der Waals surface area (Å²) in [5.74, 6) is 0.103. The number of hydrogen-bond acceptors (Lipinski definition) is 5. The molecule has 9 heteroatoms. The molecule has 0 aromatic carbocycles. The number of rotatable bonds is 5. The fraction of sp³-hybridized carbons (Fsp3) is 0.353. The molecule has 0 radical (unpaired) electrons. The number of Topliss-reactive ketones (excluding diaryl/α,β-unsaturated/α-hetero) is 1. The maximum Gasteiger partial charge on any atom is 0.212 e. The maximum atomic E-state index is 11.5. The number of aromatic nitrogens is 2. The molecule has 0 fully saturated rings. The van der Waals surface area contributed by atoms with Crippen molar-refractivity contribution >= 4 is 47.7 Å². The lowest BCUT2D eigenvalue weighted by Gasteiger charge is -2.26. The number of pyridine rings is 2. The number of carbonyl (C=O) groups is 1. The smallest absolute Gasteiger partial charge is 0.212 e. The van der Waals surface area contributed by atoms with Crippen LogP contribution in [0.15, 0.2) is 45.9 Å². The Bertz CT molecular complexity index is 871. The van der Waals surface area contributed by atoms with Gasteiger partial charge in [0.2, 0.25) is 10.0 Å². The molecule has 0 spiro atoms. The topological polar surface area (TPSA) is 89.0 Å². The van der Waals surface area contributed by atoms with E-state index in [0.29, 0.717) is 5.56 Å². The molecule has 0 saturated heterocycles. The first-order valence-electron chi connectivity index (χ1n) is 7.71. The Labute approximate surface area is 171 Å². The van der Waals surface area contributed by atoms with Crippen molar-refractivity contribution in [3.63, 3.8) is 0 Å². The van der Waals surface area contributed by atoms with E-state index in [4.69, 9.17) is 0 Å². The van der Waals surface area contributed by atoms with Gasteiger partial charge in [-0.25, -0.2) is 13.1 Å². The highest BCUT2D eigenvalue weighted by atomic mass is 79.9. The summed E-state index contributed by atoms with van der Waals surface area (Å²) in [4.78, 5) is 18.6. The highest BCUT2D eigenvalue weighted by Crippen LogP contribution is 2.23. The number of nitrogens with one attached hydrogen (secondary N) is 1. The molecule has 0 aliphatic rings. The SMILES string of the molecule is CC(=O)c1cncc(Br)c1.CCS(=O)(=O)NC(C)(C)c1cncc(Br)c1. The van der Waals surface area contributed by atoms with Gasteiger partial charge < -0.3 is 0 Å². The van der Waals surface area contributed by atoms with Gasteiger partial charge in [0.15, 0.2) is 5.78 Å². The monoisotopic (exact) mass is 505 g/mol. The summed E-state index contributed by atoms with van der Waals surface area (Å²) in [6, 6.07) is 3.60. The summed E-state index contributed by atoms with van der Waals surface area (Å²) < 4.78 is 27.4. The van der Waals surface area contributed by atoms with Crippen molar-refractivity contribution < 1.29 is 13.2 Å². The van der Waals surface area contributed by atoms with Crippen LogP contribution in [0.25, 0.3) is 0 Å². The first-order valence-corrected chi connectivity index (χ1v) is 10.9. The zero-order chi connectivity index (χ0) is 20.0. The molecule has 0 aliphatic heterocycles. The Morgan fingerprint density at radius 2 is 1.62 bits per heavy atom. The standard InChI is InChI=1S/C10H15BrN2O2S.C7H6BrNO/c1-4-16(14,15)13-10(2,3)8-5-9(11)7-12-6-8;1-5(10)6-2-7(8)4-9-3-6/h5-7,13H,4H2,1-3H3;2-4H,1H3. The number of ketones is 1. The van der Waals surface area contributed by atoms with Crippen LogP contribution in [0.4, 0.5) is 0 Å². The maximum absolute atomic E-state index is 11.5. The summed E-state index contributed by atoms with van der Waals surface area (Å²) in [6.45, 7) is 6.74. The van der Waals surface area contributed by atoms with Crippen LogP contribution in [0.5, 0.6) is 0 Å². The first-order chi connectivity index (χ1) is 12.0. The molecular weight excluding hydrogens is 486 g/mol. The minimum atomic E-state index is -3.23. The number of hydrogen-bond donors (Lipinski definition) is 1. The molecule has 2 aromatic heterocycles. The van der Waals surface area contributed by atoms with E-state index >= 15 is 0 Å². The summed E-state index contributed by atoms with van der Waals surface area (Å²) in [7, 11) is -3.23. The van der Waals surface area contributed by atoms with Gasteiger partial charge in [-0.15, -0.1) is 0 Å². The predicted octanol–water partition coefficient (Wildman–Crippen LogP) is 4.07. The predicted molar refractivity (Wildman–Crippen MR) is 110 cm³/mol. The Hall–Kier alpha value is -1.16. The van der Waals surface area contributed by atoms with Crippen molar-refractivity contribution in [3.8, 4) is 0 Å². The van der Waals surface area contributed by atoms with E-state index in [2.05, 4.69) is 46.5 Å². The number of halogens is 2. The van der Waals surface area contributed by atoms with Crippen LogP contribution in [-0.2, 0) is 15.6 Å². The Morgan fingerprint density at radius 1 is 1.08 bits per heavy atom. The second-order valence-electron chi connectivity index (χ2n) is 5.97. The average Bonchev–Trinajstić information content (AvgIpc) is 2.54. The van der Waals surface area contributed by atoms with Gasteiger partial charge in [-0.3, -0.25) is 14.8 Å². The van der Waals surface area contributed by atoms with E-state index in [1.54, 1.807) is 37.8 Å². The Kier molecular flexibility index (Phi) is 8.52. The Balaban J connectivity index is 0.000000289. The van der Waals surface area contributed by atoms with Crippen molar-refractivity contribution in [2.75, 3.05) is 5.75 Å². The number of carbonyl (C=O) groups excluding carboxylic acids is 1. The highest BCUT2D eigenvalue weighted by molar-refractivity contribution is 9.10. The van der Waals surface area contributed by atoms with Crippen LogP contribution >= 0.6 is 31.9 Å². The minimum absolute atomic E-state index is 0.0359. The van der Waals surface area contributed by atoms with E-state index in [1.165, 1.54) is 6.92 Å². The highest BCUT2D eigenvalue weighted by Gasteiger charge is 2.26. The quantitative estimate of drug-likeness (QED) is 0.617. The molecule has 142 valence electrons. The second kappa shape index (κ2) is 9.68. The van der Waals surface area contributed by atoms with Gasteiger partial charge in [-0.05, 0) is 77.3 Å². The van der Waals surface area contributed by atoms with Gasteiger partial charge in [0, 0.05) is 39.3 Å².